The third kappa shape index (κ3) is 0.870. The van der Waals surface area contributed by atoms with E-state index >= 15 is 0 Å². The summed E-state index contributed by atoms with van der Waals surface area (Å²) in [6, 6.07) is 0. The first-order valence-corrected chi connectivity index (χ1v) is 4.03. The molecule has 1 aliphatic heterocycles. The predicted molar refractivity (Wildman–Crippen MR) is 38.9 cm³/mol. The van der Waals surface area contributed by atoms with Crippen LogP contribution in [0, 0.1) is 5.41 Å². The minimum Gasteiger partial charge on any atom is -0.356 e. The third-order valence-electron chi connectivity index (χ3n) is 2.67. The summed E-state index contributed by atoms with van der Waals surface area (Å²) in [5.74, 6) is 0.338. The molecule has 0 atom stereocenters. The summed E-state index contributed by atoms with van der Waals surface area (Å²) in [7, 11) is 0. The van der Waals surface area contributed by atoms with Gasteiger partial charge in [-0.2, -0.15) is 0 Å². The van der Waals surface area contributed by atoms with Crippen LogP contribution >= 0.6 is 0 Å². The average Bonchev–Trinajstić information content (AvgIpc) is 1.92. The Labute approximate surface area is 65.2 Å². The Kier molecular flexibility index (Phi) is 1.28. The molecule has 1 heterocycles. The smallest absolute Gasteiger partial charge is 0.227 e. The molecule has 3 heteroatoms. The first-order chi connectivity index (χ1) is 5.23. The van der Waals surface area contributed by atoms with Crippen molar-refractivity contribution in [1.29, 1.82) is 0 Å². The van der Waals surface area contributed by atoms with E-state index in [0.29, 0.717) is 12.8 Å². The molecule has 0 bridgehead atoms. The fourth-order valence-corrected chi connectivity index (χ4v) is 1.97. The molecule has 3 nitrogen and oxygen atoms in total. The summed E-state index contributed by atoms with van der Waals surface area (Å²) in [5.41, 5.74) is -0.269. The van der Waals surface area contributed by atoms with Gasteiger partial charge in [-0.25, -0.2) is 0 Å². The Morgan fingerprint density at radius 1 is 1.27 bits per heavy atom. The van der Waals surface area contributed by atoms with E-state index in [1.165, 1.54) is 0 Å². The van der Waals surface area contributed by atoms with E-state index in [9.17, 15) is 9.59 Å². The second-order valence-electron chi connectivity index (χ2n) is 3.53. The molecule has 2 rings (SSSR count). The maximum absolute atomic E-state index is 11.3. The number of nitrogens with one attached hydrogen (secondary N) is 1. The van der Waals surface area contributed by atoms with Crippen LogP contribution in [-0.4, -0.2) is 18.2 Å². The largest absolute Gasteiger partial charge is 0.356 e. The van der Waals surface area contributed by atoms with Gasteiger partial charge in [0, 0.05) is 19.4 Å². The van der Waals surface area contributed by atoms with Gasteiger partial charge in [-0.3, -0.25) is 9.59 Å². The van der Waals surface area contributed by atoms with Gasteiger partial charge in [0.05, 0.1) is 5.41 Å². The Morgan fingerprint density at radius 3 is 2.55 bits per heavy atom. The van der Waals surface area contributed by atoms with Gasteiger partial charge in [-0.15, -0.1) is 0 Å². The van der Waals surface area contributed by atoms with Crippen molar-refractivity contribution in [1.82, 2.24) is 5.32 Å². The van der Waals surface area contributed by atoms with Gasteiger partial charge >= 0.3 is 0 Å². The van der Waals surface area contributed by atoms with Crippen molar-refractivity contribution in [2.45, 2.75) is 25.7 Å². The minimum atomic E-state index is -0.269. The molecule has 0 aromatic carbocycles. The number of hydrogen-bond acceptors (Lipinski definition) is 2. The quantitative estimate of drug-likeness (QED) is 0.542. The van der Waals surface area contributed by atoms with Crippen LogP contribution in [0.4, 0.5) is 0 Å². The van der Waals surface area contributed by atoms with E-state index in [0.717, 1.165) is 19.4 Å². The van der Waals surface area contributed by atoms with Gasteiger partial charge in [-0.1, -0.05) is 0 Å². The monoisotopic (exact) mass is 153 g/mol. The maximum Gasteiger partial charge on any atom is 0.227 e. The Balaban J connectivity index is 2.11. The number of carbonyl (C=O) groups is 2. The van der Waals surface area contributed by atoms with Crippen LogP contribution in [0.5, 0.6) is 0 Å². The summed E-state index contributed by atoms with van der Waals surface area (Å²) in [4.78, 5) is 22.0. The molecule has 2 fully saturated rings. The SMILES string of the molecule is O=C1CC2(CCCNC2=O)C1. The topological polar surface area (TPSA) is 46.2 Å². The highest BCUT2D eigenvalue weighted by Gasteiger charge is 2.50. The Bertz CT molecular complexity index is 214. The molecule has 0 aromatic heterocycles. The van der Waals surface area contributed by atoms with E-state index in [1.54, 1.807) is 0 Å². The van der Waals surface area contributed by atoms with Crippen molar-refractivity contribution in [3.05, 3.63) is 0 Å². The Morgan fingerprint density at radius 2 is 2.00 bits per heavy atom. The van der Waals surface area contributed by atoms with Crippen molar-refractivity contribution in [3.63, 3.8) is 0 Å². The molecule has 60 valence electrons. The van der Waals surface area contributed by atoms with Crippen molar-refractivity contribution in [2.24, 2.45) is 5.41 Å². The lowest BCUT2D eigenvalue weighted by Crippen LogP contribution is -2.53. The number of rotatable bonds is 0. The maximum atomic E-state index is 11.3. The molecule has 1 aliphatic carbocycles. The van der Waals surface area contributed by atoms with Crippen LogP contribution in [-0.2, 0) is 9.59 Å². The van der Waals surface area contributed by atoms with Crippen LogP contribution in [0.3, 0.4) is 0 Å². The van der Waals surface area contributed by atoms with Gasteiger partial charge in [0.1, 0.15) is 5.78 Å². The number of hydrogen-bond donors (Lipinski definition) is 1. The highest BCUT2D eigenvalue weighted by Crippen LogP contribution is 2.43. The van der Waals surface area contributed by atoms with Crippen molar-refractivity contribution in [2.75, 3.05) is 6.54 Å². The van der Waals surface area contributed by atoms with E-state index in [1.807, 2.05) is 0 Å². The number of ketones is 1. The second-order valence-corrected chi connectivity index (χ2v) is 3.53. The zero-order valence-electron chi connectivity index (χ0n) is 6.35. The van der Waals surface area contributed by atoms with Crippen LogP contribution in [0.25, 0.3) is 0 Å². The third-order valence-corrected chi connectivity index (χ3v) is 2.67. The highest BCUT2D eigenvalue weighted by molar-refractivity contribution is 5.99. The summed E-state index contributed by atoms with van der Waals surface area (Å²) in [6.45, 7) is 0.786. The van der Waals surface area contributed by atoms with Crippen molar-refractivity contribution < 1.29 is 9.59 Å². The first-order valence-electron chi connectivity index (χ1n) is 4.03. The zero-order chi connectivity index (χ0) is 7.90. The summed E-state index contributed by atoms with van der Waals surface area (Å²) in [6.07, 6.45) is 2.90. The van der Waals surface area contributed by atoms with Crippen LogP contribution < -0.4 is 5.32 Å². The second kappa shape index (κ2) is 2.06. The minimum absolute atomic E-state index is 0.100. The fraction of sp³-hybridized carbons (Fsp3) is 0.750. The predicted octanol–water partition coefficient (Wildman–Crippen LogP) is 0.246. The van der Waals surface area contributed by atoms with Gasteiger partial charge in [0.15, 0.2) is 0 Å². The molecule has 1 spiro atoms. The molecular formula is C8H11NO2. The summed E-state index contributed by atoms with van der Waals surface area (Å²) in [5, 5.41) is 2.80. The number of amides is 1. The molecule has 1 saturated heterocycles. The normalized spacial score (nSPS) is 28.0. The van der Waals surface area contributed by atoms with E-state index < -0.39 is 0 Å². The number of carbonyl (C=O) groups excluding carboxylic acids is 2. The lowest BCUT2D eigenvalue weighted by Gasteiger charge is -2.41. The molecule has 1 N–H and O–H groups in total. The molecule has 1 saturated carbocycles. The summed E-state index contributed by atoms with van der Waals surface area (Å²) >= 11 is 0. The van der Waals surface area contributed by atoms with Gasteiger partial charge in [0.2, 0.25) is 5.91 Å². The standard InChI is InChI=1S/C8H11NO2/c10-6-4-8(5-6)2-1-3-9-7(8)11/h1-5H2,(H,9,11). The number of Topliss-reactive ketones (excluding diaryl/α,β-unsaturated/α-hetero) is 1. The number of piperidine rings is 1. The van der Waals surface area contributed by atoms with E-state index in [2.05, 4.69) is 5.32 Å². The molecule has 0 aromatic rings. The van der Waals surface area contributed by atoms with Crippen molar-refractivity contribution in [3.8, 4) is 0 Å². The van der Waals surface area contributed by atoms with E-state index in [4.69, 9.17) is 0 Å². The van der Waals surface area contributed by atoms with Gasteiger partial charge in [-0.05, 0) is 12.8 Å². The highest BCUT2D eigenvalue weighted by atomic mass is 16.2. The zero-order valence-corrected chi connectivity index (χ0v) is 6.35. The fourth-order valence-electron chi connectivity index (χ4n) is 1.97. The lowest BCUT2D eigenvalue weighted by molar-refractivity contribution is -0.150. The molecule has 0 radical (unpaired) electrons. The molecular weight excluding hydrogens is 142 g/mol. The van der Waals surface area contributed by atoms with E-state index in [-0.39, 0.29) is 17.1 Å². The molecule has 0 unspecified atom stereocenters. The average molecular weight is 153 g/mol. The molecule has 11 heavy (non-hydrogen) atoms. The molecule has 2 aliphatic rings. The van der Waals surface area contributed by atoms with Crippen LogP contribution in [0.2, 0.25) is 0 Å². The van der Waals surface area contributed by atoms with Gasteiger partial charge in [0.25, 0.3) is 0 Å². The lowest BCUT2D eigenvalue weighted by atomic mass is 9.63. The van der Waals surface area contributed by atoms with Crippen molar-refractivity contribution >= 4 is 11.7 Å². The van der Waals surface area contributed by atoms with Crippen LogP contribution in [0.1, 0.15) is 25.7 Å². The van der Waals surface area contributed by atoms with Crippen LogP contribution in [0.15, 0.2) is 0 Å². The first kappa shape index (κ1) is 6.83. The summed E-state index contributed by atoms with van der Waals surface area (Å²) < 4.78 is 0. The Hall–Kier alpha value is -0.860. The van der Waals surface area contributed by atoms with Gasteiger partial charge < -0.3 is 5.32 Å². The molecule has 1 amide bonds.